The fourth-order valence-electron chi connectivity index (χ4n) is 2.83. The van der Waals surface area contributed by atoms with Gasteiger partial charge in [-0.15, -0.1) is 0 Å². The van der Waals surface area contributed by atoms with Crippen LogP contribution in [0.15, 0.2) is 84.4 Å². The van der Waals surface area contributed by atoms with Gasteiger partial charge >= 0.3 is 5.97 Å². The van der Waals surface area contributed by atoms with Gasteiger partial charge in [0.15, 0.2) is 0 Å². The monoisotopic (exact) mass is 406 g/mol. The van der Waals surface area contributed by atoms with E-state index in [1.54, 1.807) is 24.3 Å². The third kappa shape index (κ3) is 4.73. The molecule has 0 saturated heterocycles. The van der Waals surface area contributed by atoms with Crippen molar-refractivity contribution in [1.82, 2.24) is 0 Å². The molecule has 3 aromatic carbocycles. The number of cyclic esters (lactones) is 1. The number of esters is 1. The predicted molar refractivity (Wildman–Crippen MR) is 111 cm³/mol. The Bertz CT molecular complexity index is 1080. The summed E-state index contributed by atoms with van der Waals surface area (Å²) in [6, 6.07) is 20.7. The van der Waals surface area contributed by atoms with Gasteiger partial charge in [0.05, 0.1) is 5.57 Å². The highest BCUT2D eigenvalue weighted by Crippen LogP contribution is 2.28. The Labute approximate surface area is 172 Å². The van der Waals surface area contributed by atoms with Gasteiger partial charge in [0.25, 0.3) is 0 Å². The van der Waals surface area contributed by atoms with Gasteiger partial charge in [-0.05, 0) is 71.8 Å². The van der Waals surface area contributed by atoms with E-state index in [2.05, 4.69) is 0 Å². The summed E-state index contributed by atoms with van der Waals surface area (Å²) in [7, 11) is 0. The van der Waals surface area contributed by atoms with E-state index in [0.29, 0.717) is 28.5 Å². The molecular formula is C24H16ClFO3. The normalized spacial score (nSPS) is 14.6. The average molecular weight is 407 g/mol. The molecule has 1 heterocycles. The van der Waals surface area contributed by atoms with Crippen LogP contribution in [0.25, 0.3) is 11.8 Å². The van der Waals surface area contributed by atoms with Gasteiger partial charge in [-0.2, -0.15) is 0 Å². The Morgan fingerprint density at radius 3 is 2.31 bits per heavy atom. The lowest BCUT2D eigenvalue weighted by molar-refractivity contribution is -0.130. The molecule has 5 heteroatoms. The minimum absolute atomic E-state index is 0.340. The van der Waals surface area contributed by atoms with Crippen LogP contribution in [0.3, 0.4) is 0 Å². The van der Waals surface area contributed by atoms with Crippen LogP contribution in [0.5, 0.6) is 5.75 Å². The van der Waals surface area contributed by atoms with Crippen LogP contribution >= 0.6 is 11.6 Å². The Morgan fingerprint density at radius 1 is 0.931 bits per heavy atom. The molecule has 0 N–H and O–H groups in total. The van der Waals surface area contributed by atoms with Crippen molar-refractivity contribution in [3.8, 4) is 5.75 Å². The molecule has 0 atom stereocenters. The maximum absolute atomic E-state index is 13.1. The van der Waals surface area contributed by atoms with Crippen molar-refractivity contribution in [2.75, 3.05) is 0 Å². The molecule has 1 aliphatic heterocycles. The summed E-state index contributed by atoms with van der Waals surface area (Å²) >= 11 is 5.88. The van der Waals surface area contributed by atoms with E-state index in [1.165, 1.54) is 12.1 Å². The van der Waals surface area contributed by atoms with Crippen molar-refractivity contribution in [3.63, 3.8) is 0 Å². The van der Waals surface area contributed by atoms with Crippen LogP contribution in [0, 0.1) is 5.82 Å². The van der Waals surface area contributed by atoms with Gasteiger partial charge in [0, 0.05) is 10.6 Å². The third-order valence-electron chi connectivity index (χ3n) is 4.37. The maximum Gasteiger partial charge on any atom is 0.343 e. The summed E-state index contributed by atoms with van der Waals surface area (Å²) in [4.78, 5) is 12.1. The first-order valence-corrected chi connectivity index (χ1v) is 9.33. The number of carbonyl (C=O) groups excluding carboxylic acids is 1. The summed E-state index contributed by atoms with van der Waals surface area (Å²) in [5.41, 5.74) is 2.94. The van der Waals surface area contributed by atoms with Crippen molar-refractivity contribution in [1.29, 1.82) is 0 Å². The van der Waals surface area contributed by atoms with Crippen LogP contribution in [0.2, 0.25) is 5.02 Å². The Balaban J connectivity index is 1.44. The molecule has 0 aliphatic carbocycles. The van der Waals surface area contributed by atoms with E-state index in [-0.39, 0.29) is 5.82 Å². The van der Waals surface area contributed by atoms with Crippen LogP contribution in [-0.4, -0.2) is 5.97 Å². The molecule has 0 saturated carbocycles. The third-order valence-corrected chi connectivity index (χ3v) is 4.63. The lowest BCUT2D eigenvalue weighted by Gasteiger charge is -2.06. The number of carbonyl (C=O) groups is 1. The number of rotatable bonds is 5. The van der Waals surface area contributed by atoms with Crippen LogP contribution < -0.4 is 4.74 Å². The molecule has 0 radical (unpaired) electrons. The van der Waals surface area contributed by atoms with Crippen molar-refractivity contribution in [2.24, 2.45) is 0 Å². The van der Waals surface area contributed by atoms with Crippen molar-refractivity contribution < 1.29 is 18.7 Å². The van der Waals surface area contributed by atoms with Gasteiger partial charge in [-0.1, -0.05) is 35.9 Å². The highest BCUT2D eigenvalue weighted by Gasteiger charge is 2.21. The van der Waals surface area contributed by atoms with E-state index in [9.17, 15) is 9.18 Å². The second kappa shape index (κ2) is 8.33. The van der Waals surface area contributed by atoms with Gasteiger partial charge < -0.3 is 9.47 Å². The van der Waals surface area contributed by atoms with E-state index < -0.39 is 5.97 Å². The van der Waals surface area contributed by atoms with Crippen LogP contribution in [0.4, 0.5) is 4.39 Å². The molecule has 0 aromatic heterocycles. The standard InChI is InChI=1S/C24H16ClFO3/c25-20-7-1-17(2-8-20)15-28-22-11-3-16(4-12-22)13-19-14-23(29-24(19)27)18-5-9-21(26)10-6-18/h1-14H,15H2/b19-13+. The Morgan fingerprint density at radius 2 is 1.62 bits per heavy atom. The number of hydrogen-bond acceptors (Lipinski definition) is 3. The minimum Gasteiger partial charge on any atom is -0.489 e. The zero-order valence-corrected chi connectivity index (χ0v) is 16.0. The molecule has 0 bridgehead atoms. The lowest BCUT2D eigenvalue weighted by Crippen LogP contribution is -1.97. The fraction of sp³-hybridized carbons (Fsp3) is 0.0417. The van der Waals surface area contributed by atoms with Crippen molar-refractivity contribution in [3.05, 3.63) is 112 Å². The molecule has 1 aliphatic rings. The molecule has 0 amide bonds. The molecule has 0 fully saturated rings. The first kappa shape index (κ1) is 19.0. The van der Waals surface area contributed by atoms with Gasteiger partial charge in [0.2, 0.25) is 0 Å². The van der Waals surface area contributed by atoms with E-state index in [4.69, 9.17) is 21.1 Å². The smallest absolute Gasteiger partial charge is 0.343 e. The Hall–Kier alpha value is -3.37. The first-order valence-electron chi connectivity index (χ1n) is 8.96. The highest BCUT2D eigenvalue weighted by molar-refractivity contribution is 6.30. The molecule has 3 aromatic rings. The SMILES string of the molecule is O=C1OC(c2ccc(F)cc2)=C/C1=C\c1ccc(OCc2ccc(Cl)cc2)cc1. The summed E-state index contributed by atoms with van der Waals surface area (Å²) in [6.45, 7) is 0.438. The number of benzene rings is 3. The second-order valence-corrected chi connectivity index (χ2v) is 6.93. The number of halogens is 2. The first-order chi connectivity index (χ1) is 14.1. The van der Waals surface area contributed by atoms with Crippen molar-refractivity contribution >= 4 is 29.4 Å². The van der Waals surface area contributed by atoms with E-state index in [1.807, 2.05) is 48.5 Å². The zero-order chi connectivity index (χ0) is 20.2. The van der Waals surface area contributed by atoms with Crippen molar-refractivity contribution in [2.45, 2.75) is 6.61 Å². The molecule has 144 valence electrons. The average Bonchev–Trinajstić information content (AvgIpc) is 3.09. The quantitative estimate of drug-likeness (QED) is 0.383. The molecule has 3 nitrogen and oxygen atoms in total. The lowest BCUT2D eigenvalue weighted by atomic mass is 10.1. The summed E-state index contributed by atoms with van der Waals surface area (Å²) < 4.78 is 24.1. The molecular weight excluding hydrogens is 391 g/mol. The highest BCUT2D eigenvalue weighted by atomic mass is 35.5. The zero-order valence-electron chi connectivity index (χ0n) is 15.3. The maximum atomic E-state index is 13.1. The van der Waals surface area contributed by atoms with E-state index >= 15 is 0 Å². The molecule has 4 rings (SSSR count). The summed E-state index contributed by atoms with van der Waals surface area (Å²) in [5.74, 6) is 0.350. The summed E-state index contributed by atoms with van der Waals surface area (Å²) in [6.07, 6.45) is 3.39. The van der Waals surface area contributed by atoms with Gasteiger partial charge in [-0.3, -0.25) is 0 Å². The number of hydrogen-bond donors (Lipinski definition) is 0. The van der Waals surface area contributed by atoms with Gasteiger partial charge in [-0.25, -0.2) is 9.18 Å². The van der Waals surface area contributed by atoms with Crippen LogP contribution in [0.1, 0.15) is 16.7 Å². The van der Waals surface area contributed by atoms with E-state index in [0.717, 1.165) is 16.9 Å². The molecule has 29 heavy (non-hydrogen) atoms. The largest absolute Gasteiger partial charge is 0.489 e. The minimum atomic E-state index is -0.438. The summed E-state index contributed by atoms with van der Waals surface area (Å²) in [5, 5.41) is 0.688. The van der Waals surface area contributed by atoms with Crippen LogP contribution in [-0.2, 0) is 16.1 Å². The Kier molecular flexibility index (Phi) is 5.45. The second-order valence-electron chi connectivity index (χ2n) is 6.49. The molecule has 0 unspecified atom stereocenters. The number of ether oxygens (including phenoxy) is 2. The predicted octanol–water partition coefficient (Wildman–Crippen LogP) is 6.04. The molecule has 0 spiro atoms. The topological polar surface area (TPSA) is 35.5 Å². The van der Waals surface area contributed by atoms with Gasteiger partial charge in [0.1, 0.15) is 23.9 Å². The fourth-order valence-corrected chi connectivity index (χ4v) is 2.96.